The molecule has 2 amide bonds. The number of nitrogens with one attached hydrogen (secondary N) is 1. The topological polar surface area (TPSA) is 86.8 Å². The molecule has 10 heteroatoms. The van der Waals surface area contributed by atoms with E-state index in [0.717, 1.165) is 8.78 Å². The Morgan fingerprint density at radius 2 is 1.61 bits per heavy atom. The van der Waals surface area contributed by atoms with Crippen molar-refractivity contribution in [3.63, 3.8) is 0 Å². The molecular weight excluding hydrogens is 590 g/mol. The van der Waals surface area contributed by atoms with E-state index >= 15 is 0 Å². The summed E-state index contributed by atoms with van der Waals surface area (Å²) >= 11 is 9.54. The lowest BCUT2D eigenvalue weighted by atomic mass is 10.1. The summed E-state index contributed by atoms with van der Waals surface area (Å²) in [6.07, 6.45) is 0. The van der Waals surface area contributed by atoms with Gasteiger partial charge in [0.05, 0.1) is 10.6 Å². The van der Waals surface area contributed by atoms with Crippen molar-refractivity contribution in [2.75, 3.05) is 10.8 Å². The van der Waals surface area contributed by atoms with Gasteiger partial charge in [-0.25, -0.2) is 8.42 Å². The molecule has 202 valence electrons. The normalized spacial score (nSPS) is 12.5. The Bertz CT molecular complexity index is 1380. The maximum Gasteiger partial charge on any atom is 0.264 e. The number of nitrogens with zero attached hydrogens (tertiary/aromatic N) is 2. The van der Waals surface area contributed by atoms with E-state index < -0.39 is 34.1 Å². The first-order valence-electron chi connectivity index (χ1n) is 12.0. The number of carbonyl (C=O) groups excluding carboxylic acids is 2. The highest BCUT2D eigenvalue weighted by Crippen LogP contribution is 2.26. The fraction of sp³-hybridized carbons (Fsp3) is 0.286. The van der Waals surface area contributed by atoms with E-state index in [9.17, 15) is 18.0 Å². The van der Waals surface area contributed by atoms with Crippen molar-refractivity contribution in [1.82, 2.24) is 10.2 Å². The van der Waals surface area contributed by atoms with E-state index in [1.54, 1.807) is 73.7 Å². The van der Waals surface area contributed by atoms with Crippen LogP contribution in [0.4, 0.5) is 5.69 Å². The Labute approximate surface area is 238 Å². The molecule has 3 rings (SSSR count). The summed E-state index contributed by atoms with van der Waals surface area (Å²) in [6, 6.07) is 20.7. The first-order chi connectivity index (χ1) is 17.8. The van der Waals surface area contributed by atoms with Gasteiger partial charge >= 0.3 is 0 Å². The maximum absolute atomic E-state index is 13.9. The van der Waals surface area contributed by atoms with Gasteiger partial charge in [-0.1, -0.05) is 57.9 Å². The second kappa shape index (κ2) is 12.3. The summed E-state index contributed by atoms with van der Waals surface area (Å²) in [5, 5.41) is 3.39. The number of carbonyl (C=O) groups is 2. The summed E-state index contributed by atoms with van der Waals surface area (Å²) < 4.78 is 29.3. The molecule has 0 saturated heterocycles. The van der Waals surface area contributed by atoms with Crippen LogP contribution in [-0.2, 0) is 26.2 Å². The van der Waals surface area contributed by atoms with E-state index in [4.69, 9.17) is 11.6 Å². The number of benzene rings is 3. The van der Waals surface area contributed by atoms with Gasteiger partial charge in [0.25, 0.3) is 10.0 Å². The first kappa shape index (κ1) is 29.7. The van der Waals surface area contributed by atoms with Gasteiger partial charge in [-0.3, -0.25) is 13.9 Å². The Balaban J connectivity index is 2.02. The van der Waals surface area contributed by atoms with Crippen LogP contribution in [0.2, 0.25) is 5.02 Å². The number of hydrogen-bond donors (Lipinski definition) is 1. The van der Waals surface area contributed by atoms with Gasteiger partial charge in [0.1, 0.15) is 12.6 Å². The summed E-state index contributed by atoms with van der Waals surface area (Å²) in [4.78, 5) is 28.4. The predicted molar refractivity (Wildman–Crippen MR) is 154 cm³/mol. The molecule has 7 nitrogen and oxygen atoms in total. The molecule has 38 heavy (non-hydrogen) atoms. The third kappa shape index (κ3) is 7.82. The van der Waals surface area contributed by atoms with Crippen molar-refractivity contribution < 1.29 is 18.0 Å². The van der Waals surface area contributed by atoms with E-state index in [2.05, 4.69) is 21.2 Å². The highest BCUT2D eigenvalue weighted by molar-refractivity contribution is 9.10. The molecular formula is C28H31BrClN3O4S. The SMILES string of the molecule is C[C@H](C(=O)NC(C)(C)C)N(Cc1cccc(Cl)c1)C(=O)CN(c1ccc(Br)cc1)S(=O)(=O)c1ccccc1. The molecule has 0 aliphatic heterocycles. The Morgan fingerprint density at radius 3 is 2.18 bits per heavy atom. The second-order valence-electron chi connectivity index (χ2n) is 9.87. The maximum atomic E-state index is 13.9. The standard InChI is InChI=1S/C28H31BrClN3O4S/c1-20(27(35)31-28(2,3)4)32(18-21-9-8-10-23(30)17-21)26(34)19-33(24-15-13-22(29)14-16-24)38(36,37)25-11-6-5-7-12-25/h5-17,20H,18-19H2,1-4H3,(H,31,35)/t20-/m1/s1. The summed E-state index contributed by atoms with van der Waals surface area (Å²) in [7, 11) is -4.10. The highest BCUT2D eigenvalue weighted by Gasteiger charge is 2.33. The molecule has 0 aliphatic carbocycles. The van der Waals surface area contributed by atoms with Gasteiger partial charge < -0.3 is 10.2 Å². The largest absolute Gasteiger partial charge is 0.350 e. The third-order valence-electron chi connectivity index (χ3n) is 5.63. The van der Waals surface area contributed by atoms with Crippen LogP contribution in [0, 0.1) is 0 Å². The first-order valence-corrected chi connectivity index (χ1v) is 14.6. The van der Waals surface area contributed by atoms with Gasteiger partial charge in [0, 0.05) is 21.6 Å². The van der Waals surface area contributed by atoms with Crippen molar-refractivity contribution in [3.05, 3.63) is 93.9 Å². The molecule has 0 heterocycles. The molecule has 0 unspecified atom stereocenters. The van der Waals surface area contributed by atoms with Crippen molar-refractivity contribution in [2.45, 2.75) is 50.7 Å². The van der Waals surface area contributed by atoms with Crippen molar-refractivity contribution in [2.24, 2.45) is 0 Å². The molecule has 3 aromatic rings. The Kier molecular flexibility index (Phi) is 9.62. The van der Waals surface area contributed by atoms with Crippen molar-refractivity contribution in [3.8, 4) is 0 Å². The lowest BCUT2D eigenvalue weighted by Crippen LogP contribution is -2.54. The van der Waals surface area contributed by atoms with Crippen LogP contribution in [0.1, 0.15) is 33.3 Å². The van der Waals surface area contributed by atoms with Gasteiger partial charge in [-0.2, -0.15) is 0 Å². The fourth-order valence-electron chi connectivity index (χ4n) is 3.74. The van der Waals surface area contributed by atoms with E-state index in [1.807, 2.05) is 20.8 Å². The summed E-state index contributed by atoms with van der Waals surface area (Å²) in [5.74, 6) is -0.891. The number of rotatable bonds is 9. The zero-order valence-corrected chi connectivity index (χ0v) is 24.8. The average molecular weight is 621 g/mol. The van der Waals surface area contributed by atoms with Gasteiger partial charge in [0.15, 0.2) is 0 Å². The van der Waals surface area contributed by atoms with E-state index in [-0.39, 0.29) is 17.3 Å². The summed E-state index contributed by atoms with van der Waals surface area (Å²) in [5.41, 5.74) is 0.512. The molecule has 0 bridgehead atoms. The molecule has 0 aromatic heterocycles. The van der Waals surface area contributed by atoms with Gasteiger partial charge in [0.2, 0.25) is 11.8 Å². The molecule has 0 fully saturated rings. The minimum Gasteiger partial charge on any atom is -0.350 e. The second-order valence-corrected chi connectivity index (χ2v) is 13.1. The average Bonchev–Trinajstić information content (AvgIpc) is 2.85. The monoisotopic (exact) mass is 619 g/mol. The van der Waals surface area contributed by atoms with Crippen molar-refractivity contribution in [1.29, 1.82) is 0 Å². The molecule has 0 aliphatic rings. The fourth-order valence-corrected chi connectivity index (χ4v) is 5.66. The highest BCUT2D eigenvalue weighted by atomic mass is 79.9. The minimum absolute atomic E-state index is 0.0515. The lowest BCUT2D eigenvalue weighted by Gasteiger charge is -2.33. The van der Waals surface area contributed by atoms with E-state index in [1.165, 1.54) is 17.0 Å². The lowest BCUT2D eigenvalue weighted by molar-refractivity contribution is -0.140. The predicted octanol–water partition coefficient (Wildman–Crippen LogP) is 5.63. The minimum atomic E-state index is -4.10. The molecule has 1 atom stereocenters. The molecule has 0 saturated carbocycles. The number of sulfonamides is 1. The Morgan fingerprint density at radius 1 is 0.974 bits per heavy atom. The van der Waals surface area contributed by atoms with Crippen LogP contribution in [0.15, 0.2) is 88.2 Å². The van der Waals surface area contributed by atoms with Crippen LogP contribution < -0.4 is 9.62 Å². The molecule has 1 N–H and O–H groups in total. The van der Waals surface area contributed by atoms with E-state index in [0.29, 0.717) is 16.3 Å². The van der Waals surface area contributed by atoms with Crippen LogP contribution >= 0.6 is 27.5 Å². The van der Waals surface area contributed by atoms with Crippen LogP contribution in [0.25, 0.3) is 0 Å². The van der Waals surface area contributed by atoms with Gasteiger partial charge in [-0.15, -0.1) is 0 Å². The van der Waals surface area contributed by atoms with Crippen LogP contribution in [0.3, 0.4) is 0 Å². The zero-order valence-electron chi connectivity index (χ0n) is 21.7. The number of amides is 2. The third-order valence-corrected chi connectivity index (χ3v) is 8.18. The number of hydrogen-bond acceptors (Lipinski definition) is 4. The smallest absolute Gasteiger partial charge is 0.264 e. The molecule has 0 spiro atoms. The number of anilines is 1. The molecule has 0 radical (unpaired) electrons. The van der Waals surface area contributed by atoms with Crippen molar-refractivity contribution >= 4 is 55.1 Å². The van der Waals surface area contributed by atoms with Crippen LogP contribution in [0.5, 0.6) is 0 Å². The Hall–Kier alpha value is -2.88. The summed E-state index contributed by atoms with van der Waals surface area (Å²) in [6.45, 7) is 6.73. The van der Waals surface area contributed by atoms with Gasteiger partial charge in [-0.05, 0) is 81.8 Å². The molecule has 3 aromatic carbocycles. The number of halogens is 2. The van der Waals surface area contributed by atoms with Crippen LogP contribution in [-0.4, -0.2) is 43.3 Å². The zero-order chi connectivity index (χ0) is 28.1. The quantitative estimate of drug-likeness (QED) is 0.336.